The van der Waals surface area contributed by atoms with Crippen LogP contribution in [0.15, 0.2) is 47.4 Å². The summed E-state index contributed by atoms with van der Waals surface area (Å²) in [5.41, 5.74) is 2.12. The van der Waals surface area contributed by atoms with Crippen molar-refractivity contribution < 1.29 is 22.3 Å². The molecule has 3 heterocycles. The van der Waals surface area contributed by atoms with Crippen LogP contribution in [-0.4, -0.2) is 50.3 Å². The molecule has 1 saturated heterocycles. The van der Waals surface area contributed by atoms with Crippen molar-refractivity contribution in [3.8, 4) is 0 Å². The maximum atomic E-state index is 14.6. The van der Waals surface area contributed by atoms with Gasteiger partial charge in [0.15, 0.2) is 15.7 Å². The van der Waals surface area contributed by atoms with Gasteiger partial charge in [0.2, 0.25) is 5.95 Å². The predicted octanol–water partition coefficient (Wildman–Crippen LogP) is 4.05. The molecule has 0 spiro atoms. The molecule has 2 aliphatic rings. The number of methoxy groups -OCH3 is 1. The largest absolute Gasteiger partial charge is 0.469 e. The van der Waals surface area contributed by atoms with E-state index in [-0.39, 0.29) is 28.5 Å². The Kier molecular flexibility index (Phi) is 6.57. The van der Waals surface area contributed by atoms with Crippen molar-refractivity contribution >= 4 is 44.9 Å². The monoisotopic (exact) mass is 530 g/mol. The van der Waals surface area contributed by atoms with Crippen LogP contribution in [0.1, 0.15) is 29.2 Å². The molecule has 188 valence electrons. The molecule has 0 unspecified atom stereocenters. The number of aryl methyl sites for hydroxylation is 1. The quantitative estimate of drug-likeness (QED) is 0.476. The third kappa shape index (κ3) is 4.87. The van der Waals surface area contributed by atoms with E-state index < -0.39 is 21.6 Å². The zero-order valence-electron chi connectivity index (χ0n) is 19.5. The van der Waals surface area contributed by atoms with Crippen LogP contribution >= 0.6 is 11.6 Å². The number of nitrogens with one attached hydrogen (secondary N) is 1. The van der Waals surface area contributed by atoms with Crippen LogP contribution in [0.2, 0.25) is 5.02 Å². The van der Waals surface area contributed by atoms with Crippen molar-refractivity contribution in [2.24, 2.45) is 0 Å². The van der Waals surface area contributed by atoms with Crippen molar-refractivity contribution in [3.05, 3.63) is 70.1 Å². The first-order chi connectivity index (χ1) is 17.2. The van der Waals surface area contributed by atoms with Crippen LogP contribution in [-0.2, 0) is 32.2 Å². The summed E-state index contributed by atoms with van der Waals surface area (Å²) in [6.45, 7) is 1.37. The van der Waals surface area contributed by atoms with Gasteiger partial charge in [-0.1, -0.05) is 29.8 Å². The molecule has 1 fully saturated rings. The number of anilines is 3. The van der Waals surface area contributed by atoms with Crippen LogP contribution in [0.25, 0.3) is 0 Å². The molecule has 3 aromatic rings. The fourth-order valence-electron chi connectivity index (χ4n) is 4.46. The van der Waals surface area contributed by atoms with E-state index in [0.717, 1.165) is 5.56 Å². The number of rotatable bonds is 6. The molecule has 0 amide bonds. The number of sulfone groups is 1. The third-order valence-electron chi connectivity index (χ3n) is 6.45. The lowest BCUT2D eigenvalue weighted by molar-refractivity contribution is -0.139. The highest BCUT2D eigenvalue weighted by molar-refractivity contribution is 7.91. The minimum Gasteiger partial charge on any atom is -0.469 e. The molecule has 5 rings (SSSR count). The number of carbonyl (C=O) groups excluding carboxylic acids is 1. The number of benzene rings is 2. The van der Waals surface area contributed by atoms with E-state index in [1.165, 1.54) is 19.2 Å². The Balaban J connectivity index is 1.44. The highest BCUT2D eigenvalue weighted by Crippen LogP contribution is 2.36. The maximum absolute atomic E-state index is 14.6. The van der Waals surface area contributed by atoms with E-state index in [1.54, 1.807) is 6.07 Å². The molecular formula is C25H24ClFN4O4S. The molecule has 0 saturated carbocycles. The van der Waals surface area contributed by atoms with Crippen LogP contribution in [0.5, 0.6) is 0 Å². The highest BCUT2D eigenvalue weighted by Gasteiger charge is 2.34. The van der Waals surface area contributed by atoms with E-state index in [0.29, 0.717) is 54.2 Å². The summed E-state index contributed by atoms with van der Waals surface area (Å²) in [5.74, 6) is -0.303. The Morgan fingerprint density at radius 3 is 2.64 bits per heavy atom. The normalized spacial score (nSPS) is 16.7. The van der Waals surface area contributed by atoms with E-state index in [9.17, 15) is 17.6 Å². The van der Waals surface area contributed by atoms with E-state index in [4.69, 9.17) is 11.6 Å². The van der Waals surface area contributed by atoms with E-state index >= 15 is 0 Å². The van der Waals surface area contributed by atoms with Crippen molar-refractivity contribution in [3.63, 3.8) is 0 Å². The molecule has 2 aliphatic heterocycles. The number of hydrogen-bond acceptors (Lipinski definition) is 8. The molecule has 1 N–H and O–H groups in total. The fourth-order valence-corrected chi connectivity index (χ4v) is 6.21. The predicted molar refractivity (Wildman–Crippen MR) is 134 cm³/mol. The van der Waals surface area contributed by atoms with Gasteiger partial charge in [0.05, 0.1) is 25.0 Å². The van der Waals surface area contributed by atoms with Crippen LogP contribution in [0, 0.1) is 5.82 Å². The highest BCUT2D eigenvalue weighted by atomic mass is 35.5. The van der Waals surface area contributed by atoms with Crippen molar-refractivity contribution in [2.45, 2.75) is 30.1 Å². The Labute approximate surface area is 213 Å². The molecule has 0 aliphatic carbocycles. The van der Waals surface area contributed by atoms with Gasteiger partial charge in [-0.25, -0.2) is 17.8 Å². The smallest absolute Gasteiger partial charge is 0.310 e. The van der Waals surface area contributed by atoms with Gasteiger partial charge in [0.1, 0.15) is 10.7 Å². The Hall–Kier alpha value is -3.24. The first-order valence-electron chi connectivity index (χ1n) is 11.5. The van der Waals surface area contributed by atoms with Gasteiger partial charge in [-0.3, -0.25) is 4.79 Å². The van der Waals surface area contributed by atoms with Crippen LogP contribution < -0.4 is 10.2 Å². The number of hydrogen-bond donors (Lipinski definition) is 1. The second-order valence-electron chi connectivity index (χ2n) is 8.91. The van der Waals surface area contributed by atoms with Gasteiger partial charge in [0.25, 0.3) is 0 Å². The summed E-state index contributed by atoms with van der Waals surface area (Å²) in [4.78, 5) is 22.7. The average molecular weight is 531 g/mol. The molecule has 11 heteroatoms. The first kappa shape index (κ1) is 24.5. The topological polar surface area (TPSA) is 101 Å². The standard InChI is InChI=1S/C25H24ClFN4O4S/c1-35-22(32)11-16-6-9-19(12-20(16)27)28-24-23-21(3-2-10-36(23,33)34)29-25(30-24)31-13-17(14-31)15-4-7-18(26)8-5-15/h4-9,12,17H,2-3,10-11,13-14H2,1H3,(H,28,29,30). The number of fused-ring (bicyclic) bond motifs is 1. The van der Waals surface area contributed by atoms with Crippen LogP contribution in [0.3, 0.4) is 0 Å². The third-order valence-corrected chi connectivity index (χ3v) is 8.57. The van der Waals surface area contributed by atoms with Gasteiger partial charge in [0, 0.05) is 29.7 Å². The lowest BCUT2D eigenvalue weighted by Gasteiger charge is -2.40. The Morgan fingerprint density at radius 1 is 1.19 bits per heavy atom. The van der Waals surface area contributed by atoms with Crippen molar-refractivity contribution in [1.82, 2.24) is 9.97 Å². The fraction of sp³-hybridized carbons (Fsp3) is 0.320. The lowest BCUT2D eigenvalue weighted by atomic mass is 9.92. The molecule has 0 atom stereocenters. The van der Waals surface area contributed by atoms with Gasteiger partial charge in [-0.2, -0.15) is 4.98 Å². The molecule has 1 aromatic heterocycles. The number of ether oxygens (including phenoxy) is 1. The molecule has 8 nitrogen and oxygen atoms in total. The van der Waals surface area contributed by atoms with Crippen LogP contribution in [0.4, 0.5) is 21.8 Å². The number of halogens is 2. The Morgan fingerprint density at radius 2 is 1.94 bits per heavy atom. The minimum absolute atomic E-state index is 0.00612. The maximum Gasteiger partial charge on any atom is 0.310 e. The second-order valence-corrected chi connectivity index (χ2v) is 11.4. The summed E-state index contributed by atoms with van der Waals surface area (Å²) >= 11 is 5.99. The average Bonchev–Trinajstić information content (AvgIpc) is 2.80. The van der Waals surface area contributed by atoms with Gasteiger partial charge in [-0.15, -0.1) is 0 Å². The molecular weight excluding hydrogens is 507 g/mol. The summed E-state index contributed by atoms with van der Waals surface area (Å²) in [6, 6.07) is 12.0. The zero-order valence-corrected chi connectivity index (χ0v) is 21.1. The lowest BCUT2D eigenvalue weighted by Crippen LogP contribution is -2.46. The first-order valence-corrected chi connectivity index (χ1v) is 13.5. The van der Waals surface area contributed by atoms with Gasteiger partial charge >= 0.3 is 5.97 Å². The number of carbonyl (C=O) groups is 1. The Bertz CT molecular complexity index is 1430. The van der Waals surface area contributed by atoms with E-state index in [1.807, 2.05) is 29.2 Å². The number of aromatic nitrogens is 2. The number of nitrogens with zero attached hydrogens (tertiary/aromatic N) is 3. The zero-order chi connectivity index (χ0) is 25.4. The number of esters is 1. The molecule has 36 heavy (non-hydrogen) atoms. The van der Waals surface area contributed by atoms with Crippen molar-refractivity contribution in [2.75, 3.05) is 36.2 Å². The summed E-state index contributed by atoms with van der Waals surface area (Å²) < 4.78 is 45.1. The van der Waals surface area contributed by atoms with Gasteiger partial charge < -0.3 is 15.0 Å². The summed E-state index contributed by atoms with van der Waals surface area (Å²) in [5, 5.41) is 3.67. The SMILES string of the molecule is COC(=O)Cc1ccc(Nc2nc(N3CC(c4ccc(Cl)cc4)C3)nc3c2S(=O)(=O)CCC3)cc1F. The summed E-state index contributed by atoms with van der Waals surface area (Å²) in [6.07, 6.45) is 0.795. The molecule has 0 radical (unpaired) electrons. The van der Waals surface area contributed by atoms with Crippen molar-refractivity contribution in [1.29, 1.82) is 0 Å². The summed E-state index contributed by atoms with van der Waals surface area (Å²) in [7, 11) is -2.35. The minimum atomic E-state index is -3.59. The van der Waals surface area contributed by atoms with Gasteiger partial charge in [-0.05, 0) is 48.2 Å². The van der Waals surface area contributed by atoms with E-state index in [2.05, 4.69) is 20.0 Å². The molecule has 0 bridgehead atoms. The molecule has 2 aromatic carbocycles. The second kappa shape index (κ2) is 9.67.